The van der Waals surface area contributed by atoms with Crippen molar-refractivity contribution in [3.05, 3.63) is 60.9 Å². The molecule has 1 unspecified atom stereocenters. The average molecular weight is 467 g/mol. The average Bonchev–Trinajstić information content (AvgIpc) is 3.25. The SMILES string of the molecule is C=CCn1c(SCC(=O)Nc2ccc3c(c2)OCCO3)nnc1C1COc2ccccc2O1. The first-order chi connectivity index (χ1) is 16.2. The number of aromatic nitrogens is 3. The van der Waals surface area contributed by atoms with E-state index < -0.39 is 6.10 Å². The van der Waals surface area contributed by atoms with Crippen molar-refractivity contribution in [3.63, 3.8) is 0 Å². The van der Waals surface area contributed by atoms with Gasteiger partial charge in [-0.2, -0.15) is 0 Å². The van der Waals surface area contributed by atoms with Crippen LogP contribution < -0.4 is 24.3 Å². The molecule has 1 atom stereocenters. The fraction of sp³-hybridized carbons (Fsp3) is 0.261. The van der Waals surface area contributed by atoms with Crippen molar-refractivity contribution in [2.45, 2.75) is 17.8 Å². The molecule has 0 saturated heterocycles. The second-order valence-corrected chi connectivity index (χ2v) is 8.24. The summed E-state index contributed by atoms with van der Waals surface area (Å²) in [5, 5.41) is 12.1. The minimum atomic E-state index is -0.409. The van der Waals surface area contributed by atoms with E-state index in [0.29, 0.717) is 66.0 Å². The minimum absolute atomic E-state index is 0.161. The van der Waals surface area contributed by atoms with Crippen molar-refractivity contribution >= 4 is 23.4 Å². The molecule has 3 aromatic rings. The third-order valence-electron chi connectivity index (χ3n) is 5.01. The summed E-state index contributed by atoms with van der Waals surface area (Å²) in [6.07, 6.45) is 1.34. The van der Waals surface area contributed by atoms with Crippen LogP contribution in [0.3, 0.4) is 0 Å². The number of anilines is 1. The Bertz CT molecular complexity index is 1180. The van der Waals surface area contributed by atoms with Crippen molar-refractivity contribution < 1.29 is 23.7 Å². The Morgan fingerprint density at radius 2 is 1.88 bits per heavy atom. The predicted octanol–water partition coefficient (Wildman–Crippen LogP) is 3.48. The third-order valence-corrected chi connectivity index (χ3v) is 5.98. The Labute approximate surface area is 194 Å². The lowest BCUT2D eigenvalue weighted by molar-refractivity contribution is -0.113. The number of carbonyl (C=O) groups is 1. The second kappa shape index (κ2) is 9.45. The summed E-state index contributed by atoms with van der Waals surface area (Å²) in [6, 6.07) is 12.8. The number of hydrogen-bond acceptors (Lipinski definition) is 8. The number of fused-ring (bicyclic) bond motifs is 2. The molecule has 10 heteroatoms. The number of thioether (sulfide) groups is 1. The van der Waals surface area contributed by atoms with Gasteiger partial charge in [0.15, 0.2) is 40.1 Å². The van der Waals surface area contributed by atoms with Gasteiger partial charge in [-0.3, -0.25) is 9.36 Å². The summed E-state index contributed by atoms with van der Waals surface area (Å²) >= 11 is 1.29. The number of allylic oxidation sites excluding steroid dienone is 1. The lowest BCUT2D eigenvalue weighted by Crippen LogP contribution is -2.25. The van der Waals surface area contributed by atoms with E-state index in [1.165, 1.54) is 11.8 Å². The molecule has 1 aromatic heterocycles. The van der Waals surface area contributed by atoms with Gasteiger partial charge in [-0.25, -0.2) is 0 Å². The number of rotatable bonds is 7. The smallest absolute Gasteiger partial charge is 0.234 e. The Morgan fingerprint density at radius 1 is 1.09 bits per heavy atom. The highest BCUT2D eigenvalue weighted by Gasteiger charge is 2.28. The molecule has 2 aliphatic rings. The lowest BCUT2D eigenvalue weighted by Gasteiger charge is -2.26. The first-order valence-corrected chi connectivity index (χ1v) is 11.4. The molecule has 170 valence electrons. The van der Waals surface area contributed by atoms with E-state index >= 15 is 0 Å². The highest BCUT2D eigenvalue weighted by atomic mass is 32.2. The molecule has 5 rings (SSSR count). The summed E-state index contributed by atoms with van der Waals surface area (Å²) in [4.78, 5) is 12.5. The molecule has 9 nitrogen and oxygen atoms in total. The van der Waals surface area contributed by atoms with Crippen molar-refractivity contribution in [2.24, 2.45) is 0 Å². The van der Waals surface area contributed by atoms with Crippen LogP contribution in [-0.4, -0.2) is 46.2 Å². The number of para-hydroxylation sites is 2. The van der Waals surface area contributed by atoms with Crippen molar-refractivity contribution in [3.8, 4) is 23.0 Å². The molecular weight excluding hydrogens is 444 g/mol. The number of benzene rings is 2. The molecule has 0 saturated carbocycles. The van der Waals surface area contributed by atoms with Crippen LogP contribution in [0, 0.1) is 0 Å². The summed E-state index contributed by atoms with van der Waals surface area (Å²) < 4.78 is 24.9. The number of carbonyl (C=O) groups excluding carboxylic acids is 1. The molecule has 0 aliphatic carbocycles. The molecular formula is C23H22N4O5S. The van der Waals surface area contributed by atoms with E-state index in [-0.39, 0.29) is 11.7 Å². The van der Waals surface area contributed by atoms with Gasteiger partial charge in [0.2, 0.25) is 5.91 Å². The quantitative estimate of drug-likeness (QED) is 0.418. The molecule has 1 N–H and O–H groups in total. The second-order valence-electron chi connectivity index (χ2n) is 7.30. The topological polar surface area (TPSA) is 96.7 Å². The maximum absolute atomic E-state index is 12.5. The van der Waals surface area contributed by atoms with Gasteiger partial charge in [0.25, 0.3) is 0 Å². The number of hydrogen-bond donors (Lipinski definition) is 1. The highest BCUT2D eigenvalue weighted by Crippen LogP contribution is 2.36. The van der Waals surface area contributed by atoms with Crippen molar-refractivity contribution in [1.29, 1.82) is 0 Å². The van der Waals surface area contributed by atoms with Crippen LogP contribution in [0.1, 0.15) is 11.9 Å². The number of ether oxygens (including phenoxy) is 4. The summed E-state index contributed by atoms with van der Waals surface area (Å²) in [5.74, 6) is 3.28. The van der Waals surface area contributed by atoms with Gasteiger partial charge in [0, 0.05) is 18.3 Å². The van der Waals surface area contributed by atoms with Crippen LogP contribution in [0.15, 0.2) is 60.3 Å². The van der Waals surface area contributed by atoms with Crippen LogP contribution in [-0.2, 0) is 11.3 Å². The van der Waals surface area contributed by atoms with Gasteiger partial charge in [0.1, 0.15) is 19.8 Å². The van der Waals surface area contributed by atoms with Gasteiger partial charge >= 0.3 is 0 Å². The van der Waals surface area contributed by atoms with Crippen LogP contribution >= 0.6 is 11.8 Å². The largest absolute Gasteiger partial charge is 0.486 e. The zero-order chi connectivity index (χ0) is 22.6. The minimum Gasteiger partial charge on any atom is -0.486 e. The maximum atomic E-state index is 12.5. The van der Waals surface area contributed by atoms with E-state index in [4.69, 9.17) is 18.9 Å². The van der Waals surface area contributed by atoms with Crippen molar-refractivity contribution in [2.75, 3.05) is 30.9 Å². The molecule has 1 amide bonds. The standard InChI is InChI=1S/C23H22N4O5S/c1-2-9-27-22(20-13-31-16-5-3-4-6-18(16)32-20)25-26-23(27)33-14-21(28)24-15-7-8-17-19(12-15)30-11-10-29-17/h2-8,12,20H,1,9-11,13-14H2,(H,24,28). The van der Waals surface area contributed by atoms with Crippen LogP contribution in [0.25, 0.3) is 0 Å². The number of amides is 1. The summed E-state index contributed by atoms with van der Waals surface area (Å²) in [6.45, 7) is 5.64. The first-order valence-electron chi connectivity index (χ1n) is 10.5. The molecule has 0 radical (unpaired) electrons. The van der Waals surface area contributed by atoms with E-state index in [1.54, 1.807) is 24.3 Å². The molecule has 3 heterocycles. The van der Waals surface area contributed by atoms with Gasteiger partial charge in [-0.1, -0.05) is 30.0 Å². The zero-order valence-corrected chi connectivity index (χ0v) is 18.5. The normalized spacial score (nSPS) is 16.2. The van der Waals surface area contributed by atoms with Crippen molar-refractivity contribution in [1.82, 2.24) is 14.8 Å². The molecule has 0 bridgehead atoms. The van der Waals surface area contributed by atoms with Gasteiger partial charge in [-0.05, 0) is 24.3 Å². The highest BCUT2D eigenvalue weighted by molar-refractivity contribution is 7.99. The van der Waals surface area contributed by atoms with E-state index in [2.05, 4.69) is 22.1 Å². The Kier molecular flexibility index (Phi) is 6.07. The zero-order valence-electron chi connectivity index (χ0n) is 17.7. The molecule has 33 heavy (non-hydrogen) atoms. The fourth-order valence-corrected chi connectivity index (χ4v) is 4.30. The van der Waals surface area contributed by atoms with E-state index in [9.17, 15) is 4.79 Å². The number of nitrogens with zero attached hydrogens (tertiary/aromatic N) is 3. The van der Waals surface area contributed by atoms with Crippen LogP contribution in [0.5, 0.6) is 23.0 Å². The Morgan fingerprint density at radius 3 is 2.73 bits per heavy atom. The molecule has 0 fully saturated rings. The Balaban J connectivity index is 1.25. The van der Waals surface area contributed by atoms with Crippen LogP contribution in [0.4, 0.5) is 5.69 Å². The van der Waals surface area contributed by atoms with E-state index in [1.807, 2.05) is 28.8 Å². The number of nitrogens with one attached hydrogen (secondary N) is 1. The summed E-state index contributed by atoms with van der Waals surface area (Å²) in [5.41, 5.74) is 0.643. The third kappa shape index (κ3) is 4.61. The van der Waals surface area contributed by atoms with Gasteiger partial charge in [-0.15, -0.1) is 16.8 Å². The molecule has 2 aliphatic heterocycles. The summed E-state index contributed by atoms with van der Waals surface area (Å²) in [7, 11) is 0. The Hall–Kier alpha value is -3.66. The lowest BCUT2D eigenvalue weighted by atomic mass is 10.2. The van der Waals surface area contributed by atoms with E-state index in [0.717, 1.165) is 0 Å². The van der Waals surface area contributed by atoms with Gasteiger partial charge in [0.05, 0.1) is 5.75 Å². The predicted molar refractivity (Wildman–Crippen MR) is 122 cm³/mol. The first kappa shape index (κ1) is 21.2. The maximum Gasteiger partial charge on any atom is 0.234 e. The fourth-order valence-electron chi connectivity index (χ4n) is 3.54. The molecule has 0 spiro atoms. The van der Waals surface area contributed by atoms with Crippen LogP contribution in [0.2, 0.25) is 0 Å². The van der Waals surface area contributed by atoms with Gasteiger partial charge < -0.3 is 24.3 Å². The molecule has 2 aromatic carbocycles. The monoisotopic (exact) mass is 466 g/mol.